The highest BCUT2D eigenvalue weighted by Crippen LogP contribution is 2.29. The molecule has 112 valence electrons. The molecule has 0 aliphatic carbocycles. The van der Waals surface area contributed by atoms with Gasteiger partial charge in [0.25, 0.3) is 0 Å². The van der Waals surface area contributed by atoms with Gasteiger partial charge in [-0.3, -0.25) is 0 Å². The van der Waals surface area contributed by atoms with Gasteiger partial charge in [-0.2, -0.15) is 0 Å². The molecule has 2 aromatic carbocycles. The maximum atomic E-state index is 6.17. The molecule has 0 saturated heterocycles. The third-order valence-corrected chi connectivity index (χ3v) is 4.04. The fourth-order valence-corrected chi connectivity index (χ4v) is 2.52. The Morgan fingerprint density at radius 1 is 1.19 bits per heavy atom. The van der Waals surface area contributed by atoms with Gasteiger partial charge in [-0.1, -0.05) is 27.5 Å². The summed E-state index contributed by atoms with van der Waals surface area (Å²) in [5.41, 5.74) is 2.05. The lowest BCUT2D eigenvalue weighted by Crippen LogP contribution is -2.01. The maximum Gasteiger partial charge on any atom is 0.138 e. The zero-order chi connectivity index (χ0) is 15.2. The Morgan fingerprint density at radius 2 is 2.00 bits per heavy atom. The average molecular weight is 371 g/mol. The standard InChI is InChI=1S/C16H17BrClNO2/c1-3-21-16-7-4-12(9-15(16)18)19-10-11-8-13(20-2)5-6-14(11)17/h4-9,19H,3,10H2,1-2H3. The Kier molecular flexibility index (Phi) is 5.76. The molecule has 0 amide bonds. The molecule has 0 aromatic heterocycles. The van der Waals surface area contributed by atoms with Crippen molar-refractivity contribution in [1.29, 1.82) is 0 Å². The summed E-state index contributed by atoms with van der Waals surface area (Å²) in [6.45, 7) is 3.20. The summed E-state index contributed by atoms with van der Waals surface area (Å²) in [6.07, 6.45) is 0. The molecule has 2 rings (SSSR count). The van der Waals surface area contributed by atoms with Crippen molar-refractivity contribution >= 4 is 33.2 Å². The van der Waals surface area contributed by atoms with Crippen LogP contribution in [0.3, 0.4) is 0 Å². The van der Waals surface area contributed by atoms with Gasteiger partial charge in [-0.05, 0) is 48.9 Å². The van der Waals surface area contributed by atoms with Crippen LogP contribution >= 0.6 is 27.5 Å². The highest BCUT2D eigenvalue weighted by molar-refractivity contribution is 9.10. The predicted octanol–water partition coefficient (Wildman–Crippen LogP) is 5.12. The monoisotopic (exact) mass is 369 g/mol. The molecule has 0 saturated carbocycles. The number of nitrogens with one attached hydrogen (secondary N) is 1. The lowest BCUT2D eigenvalue weighted by Gasteiger charge is -2.12. The van der Waals surface area contributed by atoms with Crippen molar-refractivity contribution in [3.63, 3.8) is 0 Å². The Labute approximate surface area is 138 Å². The predicted molar refractivity (Wildman–Crippen MR) is 90.6 cm³/mol. The molecule has 5 heteroatoms. The van der Waals surface area contributed by atoms with E-state index in [0.29, 0.717) is 23.9 Å². The molecule has 21 heavy (non-hydrogen) atoms. The van der Waals surface area contributed by atoms with Crippen LogP contribution in [0.1, 0.15) is 12.5 Å². The molecule has 0 unspecified atom stereocenters. The van der Waals surface area contributed by atoms with Crippen LogP contribution in [-0.2, 0) is 6.54 Å². The quantitative estimate of drug-likeness (QED) is 0.765. The van der Waals surface area contributed by atoms with Crippen molar-refractivity contribution in [2.24, 2.45) is 0 Å². The van der Waals surface area contributed by atoms with Crippen LogP contribution in [0, 0.1) is 0 Å². The number of methoxy groups -OCH3 is 1. The van der Waals surface area contributed by atoms with E-state index in [4.69, 9.17) is 21.1 Å². The maximum absolute atomic E-state index is 6.17. The zero-order valence-electron chi connectivity index (χ0n) is 12.0. The largest absolute Gasteiger partial charge is 0.497 e. The summed E-state index contributed by atoms with van der Waals surface area (Å²) in [4.78, 5) is 0. The van der Waals surface area contributed by atoms with Gasteiger partial charge in [0.2, 0.25) is 0 Å². The first kappa shape index (κ1) is 16.0. The first-order chi connectivity index (χ1) is 10.1. The number of benzene rings is 2. The number of hydrogen-bond donors (Lipinski definition) is 1. The number of rotatable bonds is 6. The molecular formula is C16H17BrClNO2. The summed E-state index contributed by atoms with van der Waals surface area (Å²) in [7, 11) is 1.66. The number of anilines is 1. The molecule has 0 radical (unpaired) electrons. The minimum Gasteiger partial charge on any atom is -0.497 e. The van der Waals surface area contributed by atoms with E-state index in [0.717, 1.165) is 21.5 Å². The lowest BCUT2D eigenvalue weighted by atomic mass is 10.2. The Balaban J connectivity index is 2.07. The normalized spacial score (nSPS) is 10.3. The van der Waals surface area contributed by atoms with Gasteiger partial charge in [-0.25, -0.2) is 0 Å². The number of hydrogen-bond acceptors (Lipinski definition) is 3. The van der Waals surface area contributed by atoms with E-state index in [1.165, 1.54) is 0 Å². The van der Waals surface area contributed by atoms with E-state index < -0.39 is 0 Å². The van der Waals surface area contributed by atoms with Crippen molar-refractivity contribution in [3.05, 3.63) is 51.5 Å². The van der Waals surface area contributed by atoms with Gasteiger partial charge in [0, 0.05) is 16.7 Å². The van der Waals surface area contributed by atoms with Crippen LogP contribution in [0.25, 0.3) is 0 Å². The van der Waals surface area contributed by atoms with Gasteiger partial charge < -0.3 is 14.8 Å². The summed E-state index contributed by atoms with van der Waals surface area (Å²) in [6, 6.07) is 11.6. The second-order valence-electron chi connectivity index (χ2n) is 4.39. The molecule has 0 spiro atoms. The highest BCUT2D eigenvalue weighted by atomic mass is 79.9. The van der Waals surface area contributed by atoms with Crippen LogP contribution < -0.4 is 14.8 Å². The summed E-state index contributed by atoms with van der Waals surface area (Å²) < 4.78 is 11.7. The Morgan fingerprint density at radius 3 is 2.67 bits per heavy atom. The van der Waals surface area contributed by atoms with Crippen LogP contribution in [0.2, 0.25) is 5.02 Å². The fraction of sp³-hybridized carbons (Fsp3) is 0.250. The third-order valence-electron chi connectivity index (χ3n) is 2.97. The van der Waals surface area contributed by atoms with E-state index in [1.807, 2.05) is 43.3 Å². The van der Waals surface area contributed by atoms with Gasteiger partial charge in [0.1, 0.15) is 11.5 Å². The molecule has 0 aliphatic rings. The van der Waals surface area contributed by atoms with Crippen molar-refractivity contribution in [2.45, 2.75) is 13.5 Å². The van der Waals surface area contributed by atoms with Crippen LogP contribution in [0.5, 0.6) is 11.5 Å². The Bertz CT molecular complexity index is 619. The molecule has 1 N–H and O–H groups in total. The molecule has 0 heterocycles. The molecule has 3 nitrogen and oxygen atoms in total. The van der Waals surface area contributed by atoms with E-state index in [1.54, 1.807) is 7.11 Å². The smallest absolute Gasteiger partial charge is 0.138 e. The third kappa shape index (κ3) is 4.29. The van der Waals surface area contributed by atoms with Crippen LogP contribution in [0.4, 0.5) is 5.69 Å². The lowest BCUT2D eigenvalue weighted by molar-refractivity contribution is 0.340. The number of halogens is 2. The molecule has 0 bridgehead atoms. The minimum atomic E-state index is 0.600. The second kappa shape index (κ2) is 7.57. The first-order valence-corrected chi connectivity index (χ1v) is 7.79. The first-order valence-electron chi connectivity index (χ1n) is 6.62. The Hall–Kier alpha value is -1.39. The average Bonchev–Trinajstić information content (AvgIpc) is 2.49. The molecule has 0 atom stereocenters. The highest BCUT2D eigenvalue weighted by Gasteiger charge is 2.05. The van der Waals surface area contributed by atoms with E-state index in [-0.39, 0.29) is 0 Å². The summed E-state index contributed by atoms with van der Waals surface area (Å²) in [5, 5.41) is 3.94. The fourth-order valence-electron chi connectivity index (χ4n) is 1.89. The SMILES string of the molecule is CCOc1ccc(NCc2cc(OC)ccc2Br)cc1Cl. The molecule has 2 aromatic rings. The van der Waals surface area contributed by atoms with Gasteiger partial charge in [0.15, 0.2) is 0 Å². The van der Waals surface area contributed by atoms with Crippen molar-refractivity contribution in [3.8, 4) is 11.5 Å². The number of ether oxygens (including phenoxy) is 2. The van der Waals surface area contributed by atoms with Crippen molar-refractivity contribution in [1.82, 2.24) is 0 Å². The zero-order valence-corrected chi connectivity index (χ0v) is 14.3. The van der Waals surface area contributed by atoms with E-state index >= 15 is 0 Å². The van der Waals surface area contributed by atoms with Gasteiger partial charge >= 0.3 is 0 Å². The van der Waals surface area contributed by atoms with Crippen molar-refractivity contribution < 1.29 is 9.47 Å². The summed E-state index contributed by atoms with van der Waals surface area (Å²) >= 11 is 9.71. The molecular weight excluding hydrogens is 354 g/mol. The van der Waals surface area contributed by atoms with E-state index in [9.17, 15) is 0 Å². The molecule has 0 aliphatic heterocycles. The van der Waals surface area contributed by atoms with Gasteiger partial charge in [0.05, 0.1) is 18.7 Å². The van der Waals surface area contributed by atoms with Gasteiger partial charge in [-0.15, -0.1) is 0 Å². The van der Waals surface area contributed by atoms with Crippen molar-refractivity contribution in [2.75, 3.05) is 19.0 Å². The molecule has 0 fully saturated rings. The second-order valence-corrected chi connectivity index (χ2v) is 5.65. The topological polar surface area (TPSA) is 30.5 Å². The van der Waals surface area contributed by atoms with Crippen LogP contribution in [-0.4, -0.2) is 13.7 Å². The summed E-state index contributed by atoms with van der Waals surface area (Å²) in [5.74, 6) is 1.53. The van der Waals surface area contributed by atoms with Crippen LogP contribution in [0.15, 0.2) is 40.9 Å². The van der Waals surface area contributed by atoms with E-state index in [2.05, 4.69) is 21.2 Å². The minimum absolute atomic E-state index is 0.600.